The summed E-state index contributed by atoms with van der Waals surface area (Å²) in [7, 11) is 0. The molecular formula is C21H20O8. The Bertz CT molecular complexity index is 1050. The van der Waals surface area contributed by atoms with Crippen LogP contribution in [0, 0.1) is 0 Å². The monoisotopic (exact) mass is 400 g/mol. The van der Waals surface area contributed by atoms with Crippen LogP contribution in [0.15, 0.2) is 63.8 Å². The molecule has 0 amide bonds. The molecule has 1 aromatic heterocycles. The fourth-order valence-electron chi connectivity index (χ4n) is 3.25. The largest absolute Gasteiger partial charge is 0.462 e. The first-order valence-corrected chi connectivity index (χ1v) is 9.08. The molecule has 0 unspecified atom stereocenters. The highest BCUT2D eigenvalue weighted by molar-refractivity contribution is 5.80. The van der Waals surface area contributed by atoms with Crippen molar-refractivity contribution in [3.05, 3.63) is 64.8 Å². The van der Waals surface area contributed by atoms with Crippen molar-refractivity contribution in [3.8, 4) is 17.1 Å². The van der Waals surface area contributed by atoms with Gasteiger partial charge in [-0.05, 0) is 12.1 Å². The molecule has 1 fully saturated rings. The Labute approximate surface area is 165 Å². The van der Waals surface area contributed by atoms with Gasteiger partial charge in [0.1, 0.15) is 41.5 Å². The minimum absolute atomic E-state index is 0.218. The zero-order valence-electron chi connectivity index (χ0n) is 15.2. The van der Waals surface area contributed by atoms with Gasteiger partial charge in [-0.15, -0.1) is 0 Å². The summed E-state index contributed by atoms with van der Waals surface area (Å²) in [6.07, 6.45) is -6.97. The van der Waals surface area contributed by atoms with Gasteiger partial charge in [0, 0.05) is 17.7 Å². The molecule has 1 aliphatic heterocycles. The second-order valence-electron chi connectivity index (χ2n) is 6.81. The van der Waals surface area contributed by atoms with Crippen LogP contribution in [0.4, 0.5) is 0 Å². The van der Waals surface area contributed by atoms with E-state index in [1.807, 2.05) is 30.3 Å². The van der Waals surface area contributed by atoms with Gasteiger partial charge in [0.15, 0.2) is 5.43 Å². The summed E-state index contributed by atoms with van der Waals surface area (Å²) in [4.78, 5) is 12.4. The number of aliphatic hydroxyl groups excluding tert-OH is 4. The van der Waals surface area contributed by atoms with Crippen LogP contribution in [-0.2, 0) is 4.74 Å². The number of hydrogen-bond acceptors (Lipinski definition) is 8. The van der Waals surface area contributed by atoms with Crippen LogP contribution in [0.1, 0.15) is 0 Å². The standard InChI is InChI=1S/C21H20O8/c22-10-17-18(24)19(25)20(26)21(29-17)27-12-6-7-13-14(23)9-15(28-16(13)8-12)11-4-2-1-3-5-11/h1-9,17-22,24-26H,10H2/t17-,18-,19+,20+,21-/m1/s1. The molecule has 29 heavy (non-hydrogen) atoms. The normalized spacial score (nSPS) is 27.1. The van der Waals surface area contributed by atoms with Gasteiger partial charge >= 0.3 is 0 Å². The molecular weight excluding hydrogens is 380 g/mol. The van der Waals surface area contributed by atoms with E-state index in [1.54, 1.807) is 0 Å². The number of fused-ring (bicyclic) bond motifs is 1. The van der Waals surface area contributed by atoms with Gasteiger partial charge in [0.05, 0.1) is 12.0 Å². The first-order chi connectivity index (χ1) is 14.0. The Balaban J connectivity index is 1.66. The molecule has 1 aliphatic rings. The summed E-state index contributed by atoms with van der Waals surface area (Å²) >= 11 is 0. The molecule has 0 spiro atoms. The topological polar surface area (TPSA) is 130 Å². The van der Waals surface area contributed by atoms with Gasteiger partial charge < -0.3 is 34.3 Å². The molecule has 1 saturated heterocycles. The van der Waals surface area contributed by atoms with Crippen LogP contribution in [0.3, 0.4) is 0 Å². The number of ether oxygens (including phenoxy) is 2. The molecule has 4 rings (SSSR count). The van der Waals surface area contributed by atoms with Gasteiger partial charge in [0.25, 0.3) is 0 Å². The zero-order valence-corrected chi connectivity index (χ0v) is 15.2. The molecule has 4 N–H and O–H groups in total. The molecule has 8 heteroatoms. The van der Waals surface area contributed by atoms with E-state index in [2.05, 4.69) is 0 Å². The van der Waals surface area contributed by atoms with Gasteiger partial charge in [-0.25, -0.2) is 0 Å². The van der Waals surface area contributed by atoms with Crippen molar-refractivity contribution in [2.75, 3.05) is 6.61 Å². The highest BCUT2D eigenvalue weighted by Crippen LogP contribution is 2.28. The molecule has 3 aromatic rings. The number of aliphatic hydroxyl groups is 4. The Morgan fingerprint density at radius 2 is 1.69 bits per heavy atom. The molecule has 8 nitrogen and oxygen atoms in total. The van der Waals surface area contributed by atoms with Gasteiger partial charge in [-0.2, -0.15) is 0 Å². The number of rotatable bonds is 4. The predicted molar refractivity (Wildman–Crippen MR) is 102 cm³/mol. The molecule has 5 atom stereocenters. The van der Waals surface area contributed by atoms with Gasteiger partial charge in [0.2, 0.25) is 6.29 Å². The third-order valence-corrected chi connectivity index (χ3v) is 4.86. The molecule has 0 bridgehead atoms. The van der Waals surface area contributed by atoms with E-state index in [0.29, 0.717) is 11.1 Å². The molecule has 0 radical (unpaired) electrons. The Kier molecular flexibility index (Phi) is 5.35. The summed E-state index contributed by atoms with van der Waals surface area (Å²) in [5, 5.41) is 39.5. The Morgan fingerprint density at radius 1 is 0.931 bits per heavy atom. The van der Waals surface area contributed by atoms with E-state index < -0.39 is 37.3 Å². The lowest BCUT2D eigenvalue weighted by Crippen LogP contribution is -2.60. The maximum Gasteiger partial charge on any atom is 0.229 e. The molecule has 0 saturated carbocycles. The predicted octanol–water partition coefficient (Wildman–Crippen LogP) is 0.639. The Morgan fingerprint density at radius 3 is 2.41 bits per heavy atom. The molecule has 2 aromatic carbocycles. The fourth-order valence-corrected chi connectivity index (χ4v) is 3.25. The van der Waals surface area contributed by atoms with E-state index in [0.717, 1.165) is 5.56 Å². The van der Waals surface area contributed by atoms with Crippen molar-refractivity contribution in [1.29, 1.82) is 0 Å². The lowest BCUT2D eigenvalue weighted by Gasteiger charge is -2.39. The van der Waals surface area contributed by atoms with Crippen LogP contribution in [-0.4, -0.2) is 57.7 Å². The zero-order chi connectivity index (χ0) is 20.5. The van der Waals surface area contributed by atoms with E-state index in [-0.39, 0.29) is 16.8 Å². The quantitative estimate of drug-likeness (QED) is 0.502. The SMILES string of the molecule is O=c1cc(-c2ccccc2)oc2cc(O[C@@H]3O[C@H](CO)[C@@H](O)[C@H](O)[C@@H]3O)ccc12. The summed E-state index contributed by atoms with van der Waals surface area (Å²) in [5.74, 6) is 0.614. The van der Waals surface area contributed by atoms with Gasteiger partial charge in [-0.3, -0.25) is 4.79 Å². The summed E-state index contributed by atoms with van der Waals surface area (Å²) in [5.41, 5.74) is 0.801. The lowest BCUT2D eigenvalue weighted by atomic mass is 9.99. The highest BCUT2D eigenvalue weighted by atomic mass is 16.7. The third-order valence-electron chi connectivity index (χ3n) is 4.86. The average Bonchev–Trinajstić information content (AvgIpc) is 2.74. The Hall–Kier alpha value is -2.75. The second kappa shape index (κ2) is 7.94. The van der Waals surface area contributed by atoms with E-state index in [1.165, 1.54) is 24.3 Å². The smallest absolute Gasteiger partial charge is 0.229 e. The van der Waals surface area contributed by atoms with Crippen LogP contribution < -0.4 is 10.2 Å². The second-order valence-corrected chi connectivity index (χ2v) is 6.81. The summed E-state index contributed by atoms with van der Waals surface area (Å²) in [6, 6.07) is 15.1. The van der Waals surface area contributed by atoms with Crippen molar-refractivity contribution in [3.63, 3.8) is 0 Å². The summed E-state index contributed by atoms with van der Waals surface area (Å²) < 4.78 is 16.8. The van der Waals surface area contributed by atoms with E-state index in [4.69, 9.17) is 13.9 Å². The van der Waals surface area contributed by atoms with E-state index >= 15 is 0 Å². The summed E-state index contributed by atoms with van der Waals surface area (Å²) in [6.45, 7) is -0.558. The maximum absolute atomic E-state index is 12.4. The van der Waals surface area contributed by atoms with Gasteiger partial charge in [-0.1, -0.05) is 30.3 Å². The minimum Gasteiger partial charge on any atom is -0.462 e. The van der Waals surface area contributed by atoms with Crippen molar-refractivity contribution < 1.29 is 34.3 Å². The van der Waals surface area contributed by atoms with Crippen LogP contribution >= 0.6 is 0 Å². The lowest BCUT2D eigenvalue weighted by molar-refractivity contribution is -0.277. The average molecular weight is 400 g/mol. The van der Waals surface area contributed by atoms with Crippen molar-refractivity contribution in [1.82, 2.24) is 0 Å². The number of hydrogen-bond donors (Lipinski definition) is 4. The van der Waals surface area contributed by atoms with E-state index in [9.17, 15) is 25.2 Å². The molecule has 0 aliphatic carbocycles. The maximum atomic E-state index is 12.4. The minimum atomic E-state index is -1.55. The molecule has 2 heterocycles. The van der Waals surface area contributed by atoms with Crippen LogP contribution in [0.2, 0.25) is 0 Å². The van der Waals surface area contributed by atoms with Crippen molar-refractivity contribution >= 4 is 11.0 Å². The first-order valence-electron chi connectivity index (χ1n) is 9.08. The van der Waals surface area contributed by atoms with Crippen LogP contribution in [0.5, 0.6) is 5.75 Å². The first kappa shape index (κ1) is 19.6. The van der Waals surface area contributed by atoms with Crippen LogP contribution in [0.25, 0.3) is 22.3 Å². The third kappa shape index (κ3) is 3.76. The molecule has 152 valence electrons. The fraction of sp³-hybridized carbons (Fsp3) is 0.286. The number of benzene rings is 2. The van der Waals surface area contributed by atoms with Crippen molar-refractivity contribution in [2.45, 2.75) is 30.7 Å². The van der Waals surface area contributed by atoms with Crippen molar-refractivity contribution in [2.24, 2.45) is 0 Å². The highest BCUT2D eigenvalue weighted by Gasteiger charge is 2.44.